The van der Waals surface area contributed by atoms with Crippen LogP contribution in [0, 0.1) is 18.6 Å². The van der Waals surface area contributed by atoms with Crippen molar-refractivity contribution in [3.05, 3.63) is 59.7 Å². The second-order valence-electron chi connectivity index (χ2n) is 4.69. The van der Waals surface area contributed by atoms with Crippen LogP contribution < -0.4 is 10.1 Å². The Balaban J connectivity index is 2.00. The summed E-state index contributed by atoms with van der Waals surface area (Å²) in [5.41, 5.74) is 0.994. The number of anilines is 1. The Bertz CT molecular complexity index is 641. The molecule has 3 nitrogen and oxygen atoms in total. The van der Waals surface area contributed by atoms with Crippen LogP contribution in [0.4, 0.5) is 14.5 Å². The fourth-order valence-electron chi connectivity index (χ4n) is 1.70. The van der Waals surface area contributed by atoms with E-state index in [0.717, 1.165) is 11.6 Å². The van der Waals surface area contributed by atoms with Gasteiger partial charge in [-0.25, -0.2) is 8.78 Å². The maximum atomic E-state index is 13.4. The van der Waals surface area contributed by atoms with Crippen molar-refractivity contribution in [1.82, 2.24) is 0 Å². The lowest BCUT2D eigenvalue weighted by Gasteiger charge is -2.15. The molecule has 1 N–H and O–H groups in total. The van der Waals surface area contributed by atoms with Gasteiger partial charge >= 0.3 is 0 Å². The molecule has 5 heteroatoms. The highest BCUT2D eigenvalue weighted by molar-refractivity contribution is 5.94. The van der Waals surface area contributed by atoms with Crippen LogP contribution in [0.1, 0.15) is 12.5 Å². The van der Waals surface area contributed by atoms with E-state index in [1.807, 2.05) is 19.1 Å². The van der Waals surface area contributed by atoms with Crippen LogP contribution in [0.15, 0.2) is 42.5 Å². The highest BCUT2D eigenvalue weighted by Gasteiger charge is 2.16. The molecule has 0 aliphatic heterocycles. The summed E-state index contributed by atoms with van der Waals surface area (Å²) in [5, 5.41) is 2.36. The smallest absolute Gasteiger partial charge is 0.265 e. The predicted octanol–water partition coefficient (Wildman–Crippen LogP) is 3.68. The second-order valence-corrected chi connectivity index (χ2v) is 4.69. The Labute approximate surface area is 121 Å². The van der Waals surface area contributed by atoms with Gasteiger partial charge in [0.15, 0.2) is 6.10 Å². The maximum absolute atomic E-state index is 13.4. The number of hydrogen-bond acceptors (Lipinski definition) is 2. The minimum absolute atomic E-state index is 0.0826. The number of benzene rings is 2. The fraction of sp³-hybridized carbons (Fsp3) is 0.188. The zero-order valence-electron chi connectivity index (χ0n) is 11.7. The van der Waals surface area contributed by atoms with Crippen molar-refractivity contribution in [2.45, 2.75) is 20.0 Å². The summed E-state index contributed by atoms with van der Waals surface area (Å²) < 4.78 is 31.7. The number of ether oxygens (including phenoxy) is 1. The van der Waals surface area contributed by atoms with E-state index in [1.165, 1.54) is 6.07 Å². The molecule has 0 fully saturated rings. The van der Waals surface area contributed by atoms with Gasteiger partial charge < -0.3 is 10.1 Å². The van der Waals surface area contributed by atoms with Crippen LogP contribution in [-0.2, 0) is 4.79 Å². The number of carbonyl (C=O) groups excluding carboxylic acids is 1. The van der Waals surface area contributed by atoms with Crippen molar-refractivity contribution < 1.29 is 18.3 Å². The third kappa shape index (κ3) is 4.02. The molecule has 2 rings (SSSR count). The molecule has 2 aromatic rings. The predicted molar refractivity (Wildman–Crippen MR) is 76.3 cm³/mol. The molecule has 0 aliphatic carbocycles. The van der Waals surface area contributed by atoms with E-state index in [1.54, 1.807) is 19.1 Å². The number of nitrogens with one attached hydrogen (secondary N) is 1. The summed E-state index contributed by atoms with van der Waals surface area (Å²) in [6, 6.07) is 10.2. The van der Waals surface area contributed by atoms with Gasteiger partial charge in [-0.15, -0.1) is 0 Å². The second kappa shape index (κ2) is 6.35. The van der Waals surface area contributed by atoms with Crippen molar-refractivity contribution in [2.24, 2.45) is 0 Å². The first-order valence-electron chi connectivity index (χ1n) is 6.45. The number of rotatable bonds is 4. The highest BCUT2D eigenvalue weighted by Crippen LogP contribution is 2.17. The molecule has 0 radical (unpaired) electrons. The van der Waals surface area contributed by atoms with Crippen molar-refractivity contribution in [3.63, 3.8) is 0 Å². The Morgan fingerprint density at radius 1 is 1.14 bits per heavy atom. The lowest BCUT2D eigenvalue weighted by Crippen LogP contribution is -2.30. The molecule has 1 atom stereocenters. The third-order valence-electron chi connectivity index (χ3n) is 2.89. The molecule has 0 heterocycles. The largest absolute Gasteiger partial charge is 0.481 e. The molecule has 0 spiro atoms. The number of hydrogen-bond donors (Lipinski definition) is 1. The van der Waals surface area contributed by atoms with Crippen LogP contribution in [-0.4, -0.2) is 12.0 Å². The summed E-state index contributed by atoms with van der Waals surface area (Å²) in [6.07, 6.45) is -0.808. The highest BCUT2D eigenvalue weighted by atomic mass is 19.1. The Kier molecular flexibility index (Phi) is 4.52. The summed E-state index contributed by atoms with van der Waals surface area (Å²) in [7, 11) is 0. The van der Waals surface area contributed by atoms with E-state index >= 15 is 0 Å². The van der Waals surface area contributed by atoms with Gasteiger partial charge in [-0.05, 0) is 38.1 Å². The first-order chi connectivity index (χ1) is 9.95. The minimum atomic E-state index is -0.828. The van der Waals surface area contributed by atoms with Crippen LogP contribution in [0.5, 0.6) is 5.75 Å². The molecule has 0 saturated carbocycles. The third-order valence-corrected chi connectivity index (χ3v) is 2.89. The van der Waals surface area contributed by atoms with Gasteiger partial charge in [-0.2, -0.15) is 0 Å². The maximum Gasteiger partial charge on any atom is 0.265 e. The van der Waals surface area contributed by atoms with Crippen LogP contribution in [0.3, 0.4) is 0 Å². The molecule has 1 amide bonds. The molecule has 0 aromatic heterocycles. The molecule has 0 aliphatic rings. The van der Waals surface area contributed by atoms with E-state index < -0.39 is 23.6 Å². The quantitative estimate of drug-likeness (QED) is 0.933. The SMILES string of the molecule is Cc1ccc(O[C@H](C)C(=O)Nc2ccc(F)cc2F)cc1. The van der Waals surface area contributed by atoms with Gasteiger partial charge in [0.1, 0.15) is 17.4 Å². The summed E-state index contributed by atoms with van der Waals surface area (Å²) in [6.45, 7) is 3.49. The number of halogens is 2. The van der Waals surface area contributed by atoms with Crippen LogP contribution in [0.25, 0.3) is 0 Å². The molecule has 0 unspecified atom stereocenters. The van der Waals surface area contributed by atoms with Gasteiger partial charge in [0, 0.05) is 6.07 Å². The number of carbonyl (C=O) groups is 1. The van der Waals surface area contributed by atoms with Gasteiger partial charge in [-0.3, -0.25) is 4.79 Å². The van der Waals surface area contributed by atoms with Gasteiger partial charge in [0.25, 0.3) is 5.91 Å². The molecule has 21 heavy (non-hydrogen) atoms. The average Bonchev–Trinajstić information content (AvgIpc) is 2.44. The van der Waals surface area contributed by atoms with E-state index in [4.69, 9.17) is 4.74 Å². The van der Waals surface area contributed by atoms with Crippen molar-refractivity contribution in [2.75, 3.05) is 5.32 Å². The minimum Gasteiger partial charge on any atom is -0.481 e. The van der Waals surface area contributed by atoms with Gasteiger partial charge in [-0.1, -0.05) is 17.7 Å². The molecule has 0 saturated heterocycles. The standard InChI is InChI=1S/C16H15F2NO2/c1-10-3-6-13(7-4-10)21-11(2)16(20)19-15-8-5-12(17)9-14(15)18/h3-9,11H,1-2H3,(H,19,20)/t11-/m1/s1. The Hall–Kier alpha value is -2.43. The van der Waals surface area contributed by atoms with Crippen molar-refractivity contribution >= 4 is 11.6 Å². The number of amides is 1. The molecular weight excluding hydrogens is 276 g/mol. The normalized spacial score (nSPS) is 11.8. The zero-order chi connectivity index (χ0) is 15.4. The van der Waals surface area contributed by atoms with Gasteiger partial charge in [0.05, 0.1) is 5.69 Å². The van der Waals surface area contributed by atoms with Gasteiger partial charge in [0.2, 0.25) is 0 Å². The average molecular weight is 291 g/mol. The van der Waals surface area contributed by atoms with E-state index in [-0.39, 0.29) is 5.69 Å². The lowest BCUT2D eigenvalue weighted by molar-refractivity contribution is -0.122. The summed E-state index contributed by atoms with van der Waals surface area (Å²) in [4.78, 5) is 11.9. The van der Waals surface area contributed by atoms with E-state index in [9.17, 15) is 13.6 Å². The first-order valence-corrected chi connectivity index (χ1v) is 6.45. The first kappa shape index (κ1) is 15.0. The monoisotopic (exact) mass is 291 g/mol. The molecule has 110 valence electrons. The summed E-state index contributed by atoms with van der Waals surface area (Å²) in [5.74, 6) is -1.50. The van der Waals surface area contributed by atoms with Crippen LogP contribution >= 0.6 is 0 Å². The fourth-order valence-corrected chi connectivity index (χ4v) is 1.70. The molecule has 2 aromatic carbocycles. The summed E-state index contributed by atoms with van der Waals surface area (Å²) >= 11 is 0. The number of aryl methyl sites for hydroxylation is 1. The van der Waals surface area contributed by atoms with Crippen molar-refractivity contribution in [3.8, 4) is 5.75 Å². The van der Waals surface area contributed by atoms with Crippen molar-refractivity contribution in [1.29, 1.82) is 0 Å². The van der Waals surface area contributed by atoms with E-state index in [2.05, 4.69) is 5.32 Å². The molecule has 0 bridgehead atoms. The lowest BCUT2D eigenvalue weighted by atomic mass is 10.2. The Morgan fingerprint density at radius 2 is 1.81 bits per heavy atom. The Morgan fingerprint density at radius 3 is 2.43 bits per heavy atom. The zero-order valence-corrected chi connectivity index (χ0v) is 11.7. The van der Waals surface area contributed by atoms with Crippen LogP contribution in [0.2, 0.25) is 0 Å². The van der Waals surface area contributed by atoms with E-state index in [0.29, 0.717) is 11.8 Å². The molecular formula is C16H15F2NO2. The topological polar surface area (TPSA) is 38.3 Å².